The molecule has 3 heteroatoms. The van der Waals surface area contributed by atoms with Crippen LogP contribution in [0.2, 0.25) is 0 Å². The number of methoxy groups -OCH3 is 1. The van der Waals surface area contributed by atoms with Gasteiger partial charge in [-0.3, -0.25) is 4.98 Å². The quantitative estimate of drug-likeness (QED) is 0.608. The molecule has 13 heavy (non-hydrogen) atoms. The third-order valence-electron chi connectivity index (χ3n) is 2.34. The van der Waals surface area contributed by atoms with Gasteiger partial charge in [-0.1, -0.05) is 0 Å². The van der Waals surface area contributed by atoms with E-state index in [1.807, 2.05) is 6.07 Å². The average Bonchev–Trinajstić information content (AvgIpc) is 2.63. The summed E-state index contributed by atoms with van der Waals surface area (Å²) in [6, 6.07) is 1.89. The van der Waals surface area contributed by atoms with Crippen molar-refractivity contribution in [2.24, 2.45) is 0 Å². The number of hydrogen-bond donors (Lipinski definition) is 0. The minimum Gasteiger partial charge on any atom is -0.465 e. The minimum atomic E-state index is -0.304. The number of rotatable bonds is 1. The molecule has 0 atom stereocenters. The number of ether oxygens (including phenoxy) is 1. The third-order valence-corrected chi connectivity index (χ3v) is 2.34. The van der Waals surface area contributed by atoms with Gasteiger partial charge in [0, 0.05) is 11.9 Å². The van der Waals surface area contributed by atoms with Gasteiger partial charge in [0.2, 0.25) is 0 Å². The van der Waals surface area contributed by atoms with E-state index in [4.69, 9.17) is 0 Å². The van der Waals surface area contributed by atoms with Gasteiger partial charge >= 0.3 is 5.97 Å². The zero-order chi connectivity index (χ0) is 9.26. The van der Waals surface area contributed by atoms with Gasteiger partial charge in [-0.2, -0.15) is 0 Å². The van der Waals surface area contributed by atoms with Crippen molar-refractivity contribution in [2.45, 2.75) is 19.3 Å². The molecular weight excluding hydrogens is 166 g/mol. The standard InChI is InChI=1S/C10H11NO2/c1-13-10(12)8-5-7-3-2-4-9(7)11-6-8/h5-6H,2-4H2,1H3. The van der Waals surface area contributed by atoms with Crippen molar-refractivity contribution in [3.63, 3.8) is 0 Å². The maximum atomic E-state index is 11.2. The summed E-state index contributed by atoms with van der Waals surface area (Å²) in [5, 5.41) is 0. The smallest absolute Gasteiger partial charge is 0.339 e. The fraction of sp³-hybridized carbons (Fsp3) is 0.400. The molecule has 2 rings (SSSR count). The van der Waals surface area contributed by atoms with Crippen molar-refractivity contribution in [3.05, 3.63) is 29.1 Å². The second-order valence-corrected chi connectivity index (χ2v) is 3.17. The third kappa shape index (κ3) is 1.41. The van der Waals surface area contributed by atoms with Crippen molar-refractivity contribution < 1.29 is 9.53 Å². The van der Waals surface area contributed by atoms with Crippen molar-refractivity contribution >= 4 is 5.97 Å². The highest BCUT2D eigenvalue weighted by Gasteiger charge is 2.15. The molecule has 1 heterocycles. The summed E-state index contributed by atoms with van der Waals surface area (Å²) >= 11 is 0. The van der Waals surface area contributed by atoms with Crippen LogP contribution in [0, 0.1) is 0 Å². The Labute approximate surface area is 76.7 Å². The lowest BCUT2D eigenvalue weighted by Gasteiger charge is -2.01. The Morgan fingerprint density at radius 2 is 2.38 bits per heavy atom. The molecule has 0 aliphatic heterocycles. The van der Waals surface area contributed by atoms with E-state index in [9.17, 15) is 4.79 Å². The van der Waals surface area contributed by atoms with Crippen molar-refractivity contribution in [1.82, 2.24) is 4.98 Å². The van der Waals surface area contributed by atoms with Crippen LogP contribution < -0.4 is 0 Å². The maximum Gasteiger partial charge on any atom is 0.339 e. The number of nitrogens with zero attached hydrogens (tertiary/aromatic N) is 1. The molecular formula is C10H11NO2. The molecule has 0 amide bonds. The van der Waals surface area contributed by atoms with Crippen LogP contribution in [0.3, 0.4) is 0 Å². The summed E-state index contributed by atoms with van der Waals surface area (Å²) in [7, 11) is 1.38. The van der Waals surface area contributed by atoms with Gasteiger partial charge in [0.05, 0.1) is 12.7 Å². The Bertz CT molecular complexity index is 347. The second-order valence-electron chi connectivity index (χ2n) is 3.17. The van der Waals surface area contributed by atoms with E-state index in [1.165, 1.54) is 12.7 Å². The second kappa shape index (κ2) is 3.17. The fourth-order valence-electron chi connectivity index (χ4n) is 1.66. The van der Waals surface area contributed by atoms with Crippen molar-refractivity contribution in [2.75, 3.05) is 7.11 Å². The van der Waals surface area contributed by atoms with Crippen molar-refractivity contribution in [1.29, 1.82) is 0 Å². The molecule has 0 unspecified atom stereocenters. The minimum absolute atomic E-state index is 0.304. The van der Waals surface area contributed by atoms with Crippen LogP contribution in [-0.2, 0) is 17.6 Å². The lowest BCUT2D eigenvalue weighted by molar-refractivity contribution is 0.0600. The average molecular weight is 177 g/mol. The molecule has 0 aromatic carbocycles. The number of pyridine rings is 1. The Hall–Kier alpha value is -1.38. The van der Waals surface area contributed by atoms with E-state index in [1.54, 1.807) is 6.20 Å². The first-order valence-electron chi connectivity index (χ1n) is 4.37. The van der Waals surface area contributed by atoms with Crippen LogP contribution in [0.1, 0.15) is 28.0 Å². The van der Waals surface area contributed by atoms with Gasteiger partial charge in [-0.25, -0.2) is 4.79 Å². The fourth-order valence-corrected chi connectivity index (χ4v) is 1.66. The van der Waals surface area contributed by atoms with Gasteiger partial charge in [-0.15, -0.1) is 0 Å². The molecule has 1 aromatic heterocycles. The molecule has 3 nitrogen and oxygen atoms in total. The summed E-state index contributed by atoms with van der Waals surface area (Å²) in [6.07, 6.45) is 4.81. The molecule has 0 radical (unpaired) electrons. The van der Waals surface area contributed by atoms with E-state index in [-0.39, 0.29) is 5.97 Å². The highest BCUT2D eigenvalue weighted by atomic mass is 16.5. The first kappa shape index (κ1) is 8.23. The number of aromatic nitrogens is 1. The monoisotopic (exact) mass is 177 g/mol. The van der Waals surface area contributed by atoms with Crippen LogP contribution >= 0.6 is 0 Å². The summed E-state index contributed by atoms with van der Waals surface area (Å²) in [6.45, 7) is 0. The molecule has 1 aromatic rings. The Kier molecular flexibility index (Phi) is 2.00. The normalized spacial score (nSPS) is 13.9. The molecule has 0 N–H and O–H groups in total. The molecule has 1 aliphatic carbocycles. The van der Waals surface area contributed by atoms with Crippen LogP contribution in [0.4, 0.5) is 0 Å². The number of fused-ring (bicyclic) bond motifs is 1. The van der Waals surface area contributed by atoms with Crippen LogP contribution in [0.5, 0.6) is 0 Å². The van der Waals surface area contributed by atoms with E-state index < -0.39 is 0 Å². The molecule has 0 spiro atoms. The van der Waals surface area contributed by atoms with Gasteiger partial charge in [0.25, 0.3) is 0 Å². The van der Waals surface area contributed by atoms with Gasteiger partial charge in [0.15, 0.2) is 0 Å². The molecule has 0 bridgehead atoms. The lowest BCUT2D eigenvalue weighted by Crippen LogP contribution is -2.03. The summed E-state index contributed by atoms with van der Waals surface area (Å²) < 4.78 is 4.62. The molecule has 68 valence electrons. The number of hydrogen-bond acceptors (Lipinski definition) is 3. The molecule has 0 saturated carbocycles. The van der Waals surface area contributed by atoms with Crippen LogP contribution in [-0.4, -0.2) is 18.1 Å². The Morgan fingerprint density at radius 3 is 3.15 bits per heavy atom. The highest BCUT2D eigenvalue weighted by molar-refractivity contribution is 5.89. The van der Waals surface area contributed by atoms with E-state index in [0.29, 0.717) is 5.56 Å². The van der Waals surface area contributed by atoms with E-state index in [2.05, 4.69) is 9.72 Å². The van der Waals surface area contributed by atoms with Crippen LogP contribution in [0.25, 0.3) is 0 Å². The largest absolute Gasteiger partial charge is 0.465 e. The number of esters is 1. The summed E-state index contributed by atoms with van der Waals surface area (Å²) in [5.41, 5.74) is 2.89. The molecule has 0 saturated heterocycles. The predicted molar refractivity (Wildman–Crippen MR) is 47.6 cm³/mol. The Balaban J connectivity index is 2.36. The zero-order valence-corrected chi connectivity index (χ0v) is 7.54. The zero-order valence-electron chi connectivity index (χ0n) is 7.54. The van der Waals surface area contributed by atoms with Crippen molar-refractivity contribution in [3.8, 4) is 0 Å². The molecule has 0 fully saturated rings. The highest BCUT2D eigenvalue weighted by Crippen LogP contribution is 2.20. The van der Waals surface area contributed by atoms with E-state index >= 15 is 0 Å². The molecule has 1 aliphatic rings. The number of carbonyl (C=O) groups is 1. The van der Waals surface area contributed by atoms with Gasteiger partial charge in [0.1, 0.15) is 0 Å². The lowest BCUT2D eigenvalue weighted by atomic mass is 10.1. The van der Waals surface area contributed by atoms with Crippen LogP contribution in [0.15, 0.2) is 12.3 Å². The number of aryl methyl sites for hydroxylation is 2. The first-order valence-corrected chi connectivity index (χ1v) is 4.37. The predicted octanol–water partition coefficient (Wildman–Crippen LogP) is 1.36. The number of carbonyl (C=O) groups excluding carboxylic acids is 1. The summed E-state index contributed by atoms with van der Waals surface area (Å²) in [5.74, 6) is -0.304. The van der Waals surface area contributed by atoms with Gasteiger partial charge < -0.3 is 4.74 Å². The summed E-state index contributed by atoms with van der Waals surface area (Å²) in [4.78, 5) is 15.4. The van der Waals surface area contributed by atoms with Gasteiger partial charge in [-0.05, 0) is 30.9 Å². The van der Waals surface area contributed by atoms with E-state index in [0.717, 1.165) is 25.0 Å². The first-order chi connectivity index (χ1) is 6.31. The topological polar surface area (TPSA) is 39.2 Å². The SMILES string of the molecule is COC(=O)c1cnc2c(c1)CCC2. The Morgan fingerprint density at radius 1 is 1.54 bits per heavy atom. The maximum absolute atomic E-state index is 11.2.